The molecule has 2 fully saturated rings. The highest BCUT2D eigenvalue weighted by Crippen LogP contribution is 2.45. The van der Waals surface area contributed by atoms with Crippen molar-refractivity contribution >= 4 is 28.7 Å². The van der Waals surface area contributed by atoms with Gasteiger partial charge in [0.25, 0.3) is 0 Å². The number of carbonyl (C=O) groups excluding carboxylic acids is 3. The molecule has 1 aromatic heterocycles. The Morgan fingerprint density at radius 2 is 2.03 bits per heavy atom. The third kappa shape index (κ3) is 5.54. The summed E-state index contributed by atoms with van der Waals surface area (Å²) >= 11 is 0. The number of amides is 2. The Hall–Kier alpha value is -3.82. The van der Waals surface area contributed by atoms with E-state index in [1.165, 1.54) is 4.90 Å². The van der Waals surface area contributed by atoms with Gasteiger partial charge in [-0.05, 0) is 63.8 Å². The van der Waals surface area contributed by atoms with Crippen LogP contribution in [0.4, 0.5) is 4.79 Å². The van der Waals surface area contributed by atoms with Crippen LogP contribution < -0.4 is 14.8 Å². The largest absolute Gasteiger partial charge is 0.497 e. The number of hydrogen-bond donors (Lipinski definition) is 1. The highest BCUT2D eigenvalue weighted by Gasteiger charge is 2.62. The Balaban J connectivity index is 1.57. The van der Waals surface area contributed by atoms with Gasteiger partial charge in [0, 0.05) is 23.9 Å². The minimum absolute atomic E-state index is 0.110. The van der Waals surface area contributed by atoms with Gasteiger partial charge < -0.3 is 24.3 Å². The lowest BCUT2D eigenvalue weighted by Gasteiger charge is -2.28. The molecule has 4 rings (SSSR count). The zero-order valence-electron chi connectivity index (χ0n) is 22.5. The van der Waals surface area contributed by atoms with Crippen LogP contribution in [0.25, 0.3) is 10.8 Å². The van der Waals surface area contributed by atoms with Crippen molar-refractivity contribution in [2.45, 2.75) is 63.8 Å². The summed E-state index contributed by atoms with van der Waals surface area (Å²) in [4.78, 5) is 45.1. The molecular weight excluding hydrogens is 490 g/mol. The molecule has 2 aliphatic rings. The highest BCUT2D eigenvalue weighted by atomic mass is 16.6. The highest BCUT2D eigenvalue weighted by molar-refractivity contribution is 5.95. The van der Waals surface area contributed by atoms with Crippen LogP contribution in [-0.2, 0) is 19.1 Å². The lowest BCUT2D eigenvalue weighted by molar-refractivity contribution is -0.149. The van der Waals surface area contributed by atoms with Gasteiger partial charge in [0.1, 0.15) is 29.0 Å². The van der Waals surface area contributed by atoms with Crippen molar-refractivity contribution in [3.05, 3.63) is 43.1 Å². The molecule has 4 unspecified atom stereocenters. The Kier molecular flexibility index (Phi) is 7.53. The zero-order valence-corrected chi connectivity index (χ0v) is 22.5. The van der Waals surface area contributed by atoms with Crippen LogP contribution in [0, 0.1) is 5.92 Å². The van der Waals surface area contributed by atoms with E-state index in [0.717, 1.165) is 10.8 Å². The summed E-state index contributed by atoms with van der Waals surface area (Å²) in [6.07, 6.45) is 2.67. The first-order chi connectivity index (χ1) is 18.0. The molecule has 0 bridgehead atoms. The molecule has 0 radical (unpaired) electrons. The number of fused-ring (bicyclic) bond motifs is 1. The number of pyridine rings is 1. The van der Waals surface area contributed by atoms with E-state index in [4.69, 9.17) is 18.9 Å². The Morgan fingerprint density at radius 1 is 1.26 bits per heavy atom. The van der Waals surface area contributed by atoms with Gasteiger partial charge in [0.05, 0.1) is 20.3 Å². The number of benzene rings is 1. The van der Waals surface area contributed by atoms with Gasteiger partial charge in [-0.3, -0.25) is 9.69 Å². The van der Waals surface area contributed by atoms with E-state index >= 15 is 0 Å². The van der Waals surface area contributed by atoms with E-state index in [-0.39, 0.29) is 25.5 Å². The number of nitrogens with zero attached hydrogens (tertiary/aromatic N) is 2. The smallest absolute Gasteiger partial charge is 0.411 e. The minimum atomic E-state index is -1.18. The molecule has 2 aromatic rings. The van der Waals surface area contributed by atoms with Crippen LogP contribution in [0.3, 0.4) is 0 Å². The van der Waals surface area contributed by atoms with Crippen LogP contribution in [0.1, 0.15) is 40.5 Å². The van der Waals surface area contributed by atoms with E-state index in [9.17, 15) is 14.4 Å². The van der Waals surface area contributed by atoms with Crippen molar-refractivity contribution in [3.8, 4) is 11.6 Å². The fourth-order valence-electron chi connectivity index (χ4n) is 4.73. The van der Waals surface area contributed by atoms with Crippen LogP contribution in [0.5, 0.6) is 11.6 Å². The van der Waals surface area contributed by atoms with E-state index in [1.54, 1.807) is 47.1 Å². The minimum Gasteiger partial charge on any atom is -0.497 e. The molecule has 204 valence electrons. The van der Waals surface area contributed by atoms with Gasteiger partial charge in [0.2, 0.25) is 11.8 Å². The first-order valence-electron chi connectivity index (χ1n) is 12.7. The average Bonchev–Trinajstić information content (AvgIpc) is 3.42. The third-order valence-corrected chi connectivity index (χ3v) is 6.69. The lowest BCUT2D eigenvalue weighted by atomic mass is 10.1. The maximum Gasteiger partial charge on any atom is 0.411 e. The van der Waals surface area contributed by atoms with Gasteiger partial charge >= 0.3 is 12.1 Å². The fraction of sp³-hybridized carbons (Fsp3) is 0.500. The SMILES string of the molecule is C=CC1CC1(NC(=O)C1CC(Oc2nccc3cc(OC)ccc23)CN1C(=O)OC(C)(C)C)C(=O)OCC. The molecule has 1 saturated carbocycles. The summed E-state index contributed by atoms with van der Waals surface area (Å²) in [5.74, 6) is -0.141. The lowest BCUT2D eigenvalue weighted by Crippen LogP contribution is -2.53. The summed E-state index contributed by atoms with van der Waals surface area (Å²) < 4.78 is 22.3. The second kappa shape index (κ2) is 10.5. The maximum atomic E-state index is 13.5. The molecule has 2 amide bonds. The summed E-state index contributed by atoms with van der Waals surface area (Å²) in [7, 11) is 1.60. The van der Waals surface area contributed by atoms with Crippen molar-refractivity contribution in [2.24, 2.45) is 5.92 Å². The first-order valence-corrected chi connectivity index (χ1v) is 12.7. The number of carbonyl (C=O) groups is 3. The molecular formula is C28H35N3O7. The van der Waals surface area contributed by atoms with Crippen LogP contribution in [0.15, 0.2) is 43.1 Å². The second-order valence-corrected chi connectivity index (χ2v) is 10.6. The number of nitrogens with one attached hydrogen (secondary N) is 1. The fourth-order valence-corrected chi connectivity index (χ4v) is 4.73. The molecule has 1 aromatic carbocycles. The topological polar surface area (TPSA) is 116 Å². The summed E-state index contributed by atoms with van der Waals surface area (Å²) in [6.45, 7) is 11.0. The van der Waals surface area contributed by atoms with Crippen molar-refractivity contribution in [3.63, 3.8) is 0 Å². The number of aromatic nitrogens is 1. The number of methoxy groups -OCH3 is 1. The predicted molar refractivity (Wildman–Crippen MR) is 140 cm³/mol. The van der Waals surface area contributed by atoms with Crippen molar-refractivity contribution in [1.82, 2.24) is 15.2 Å². The second-order valence-electron chi connectivity index (χ2n) is 10.6. The molecule has 1 N–H and O–H groups in total. The van der Waals surface area contributed by atoms with Gasteiger partial charge in [-0.2, -0.15) is 0 Å². The van der Waals surface area contributed by atoms with Crippen LogP contribution in [0.2, 0.25) is 0 Å². The van der Waals surface area contributed by atoms with Crippen LogP contribution in [-0.4, -0.2) is 71.4 Å². The standard InChI is InChI=1S/C28H35N3O7/c1-7-18-15-28(18,25(33)36-8-2)30-23(32)22-14-20(16-31(22)26(34)38-27(3,4)5)37-24-21-10-9-19(35-6)13-17(21)11-12-29-24/h7,9-13,18,20,22H,1,8,14-16H2,2-6H3,(H,30,32). The van der Waals surface area contributed by atoms with Gasteiger partial charge in [-0.25, -0.2) is 14.6 Å². The average molecular weight is 526 g/mol. The summed E-state index contributed by atoms with van der Waals surface area (Å²) in [5, 5.41) is 4.51. The van der Waals surface area contributed by atoms with E-state index in [2.05, 4.69) is 16.9 Å². The van der Waals surface area contributed by atoms with Crippen molar-refractivity contribution in [2.75, 3.05) is 20.3 Å². The monoisotopic (exact) mass is 525 g/mol. The van der Waals surface area contributed by atoms with E-state index < -0.39 is 41.3 Å². The van der Waals surface area contributed by atoms with E-state index in [1.807, 2.05) is 24.3 Å². The Bertz CT molecular complexity index is 1240. The Labute approximate surface area is 222 Å². The van der Waals surface area contributed by atoms with Crippen LogP contribution >= 0.6 is 0 Å². The van der Waals surface area contributed by atoms with Crippen molar-refractivity contribution in [1.29, 1.82) is 0 Å². The van der Waals surface area contributed by atoms with Crippen molar-refractivity contribution < 1.29 is 33.3 Å². The number of likely N-dealkylation sites (tertiary alicyclic amines) is 1. The van der Waals surface area contributed by atoms with Gasteiger partial charge in [-0.1, -0.05) is 6.08 Å². The normalized spacial score (nSPS) is 24.4. The molecule has 4 atom stereocenters. The first kappa shape index (κ1) is 27.2. The molecule has 38 heavy (non-hydrogen) atoms. The van der Waals surface area contributed by atoms with Gasteiger partial charge in [0.15, 0.2) is 0 Å². The van der Waals surface area contributed by atoms with Gasteiger partial charge in [-0.15, -0.1) is 6.58 Å². The molecule has 0 spiro atoms. The molecule has 1 saturated heterocycles. The number of esters is 1. The summed E-state index contributed by atoms with van der Waals surface area (Å²) in [6, 6.07) is 6.48. The quantitative estimate of drug-likeness (QED) is 0.410. The molecule has 2 heterocycles. The number of rotatable bonds is 8. The van der Waals surface area contributed by atoms with E-state index in [0.29, 0.717) is 18.1 Å². The molecule has 10 heteroatoms. The molecule has 1 aliphatic heterocycles. The molecule has 1 aliphatic carbocycles. The summed E-state index contributed by atoms with van der Waals surface area (Å²) in [5.41, 5.74) is -1.94. The maximum absolute atomic E-state index is 13.5. The molecule has 10 nitrogen and oxygen atoms in total. The zero-order chi connectivity index (χ0) is 27.7. The third-order valence-electron chi connectivity index (χ3n) is 6.69. The Morgan fingerprint density at radius 3 is 2.66 bits per heavy atom. The predicted octanol–water partition coefficient (Wildman–Crippen LogP) is 3.62. The number of hydrogen-bond acceptors (Lipinski definition) is 8. The number of ether oxygens (including phenoxy) is 4.